The van der Waals surface area contributed by atoms with Crippen molar-refractivity contribution in [3.8, 4) is 5.75 Å². The van der Waals surface area contributed by atoms with Gasteiger partial charge < -0.3 is 15.2 Å². The highest BCUT2D eigenvalue weighted by molar-refractivity contribution is 8.02. The quantitative estimate of drug-likeness (QED) is 0.675. The Balaban J connectivity index is 1.78. The van der Waals surface area contributed by atoms with Gasteiger partial charge in [0.1, 0.15) is 21.4 Å². The first-order valence-electron chi connectivity index (χ1n) is 8.33. The summed E-state index contributed by atoms with van der Waals surface area (Å²) in [5.74, 6) is -0.386. The van der Waals surface area contributed by atoms with Crippen molar-refractivity contribution >= 4 is 33.1 Å². The molecule has 2 aromatic rings. The molecule has 0 fully saturated rings. The van der Waals surface area contributed by atoms with Gasteiger partial charge in [0.25, 0.3) is 0 Å². The summed E-state index contributed by atoms with van der Waals surface area (Å²) in [7, 11) is -1.56. The SMILES string of the molecule is CC1(C)N(C(O)Nc2ccc(OC(F)(F)F)cc2)N=C(c2ccc(Cl)cc2)S1=O. The van der Waals surface area contributed by atoms with E-state index in [-0.39, 0.29) is 10.8 Å². The van der Waals surface area contributed by atoms with Gasteiger partial charge in [-0.05, 0) is 50.2 Å². The number of hydrazone groups is 1. The molecule has 29 heavy (non-hydrogen) atoms. The molecule has 156 valence electrons. The Morgan fingerprint density at radius 2 is 1.76 bits per heavy atom. The third kappa shape index (κ3) is 4.82. The first-order valence-corrected chi connectivity index (χ1v) is 9.86. The average Bonchev–Trinajstić information content (AvgIpc) is 2.86. The summed E-state index contributed by atoms with van der Waals surface area (Å²) >= 11 is 5.88. The van der Waals surface area contributed by atoms with Crippen molar-refractivity contribution in [2.24, 2.45) is 5.10 Å². The van der Waals surface area contributed by atoms with Crippen molar-refractivity contribution in [2.45, 2.75) is 31.4 Å². The molecule has 3 rings (SSSR count). The first-order chi connectivity index (χ1) is 13.5. The van der Waals surface area contributed by atoms with E-state index >= 15 is 0 Å². The number of benzene rings is 2. The molecule has 2 N–H and O–H groups in total. The molecule has 2 aromatic carbocycles. The Hall–Kier alpha value is -2.30. The maximum Gasteiger partial charge on any atom is 0.573 e. The monoisotopic (exact) mass is 447 g/mol. The molecule has 0 aliphatic carbocycles. The van der Waals surface area contributed by atoms with Crippen molar-refractivity contribution in [3.63, 3.8) is 0 Å². The van der Waals surface area contributed by atoms with E-state index in [1.165, 1.54) is 17.1 Å². The normalized spacial score (nSPS) is 19.6. The molecule has 0 radical (unpaired) electrons. The number of aliphatic hydroxyl groups is 1. The van der Waals surface area contributed by atoms with Crippen LogP contribution in [0.2, 0.25) is 5.02 Å². The lowest BCUT2D eigenvalue weighted by molar-refractivity contribution is -0.274. The number of alkyl halides is 3. The fourth-order valence-corrected chi connectivity index (χ4v) is 4.07. The Morgan fingerprint density at radius 1 is 1.17 bits per heavy atom. The molecular weight excluding hydrogens is 431 g/mol. The zero-order chi connectivity index (χ0) is 21.4. The van der Waals surface area contributed by atoms with Gasteiger partial charge in [0.05, 0.1) is 0 Å². The molecule has 0 bridgehead atoms. The number of nitrogens with one attached hydrogen (secondary N) is 1. The van der Waals surface area contributed by atoms with Crippen LogP contribution >= 0.6 is 11.6 Å². The highest BCUT2D eigenvalue weighted by atomic mass is 35.5. The zero-order valence-electron chi connectivity index (χ0n) is 15.3. The Bertz CT molecular complexity index is 934. The molecule has 0 saturated carbocycles. The van der Waals surface area contributed by atoms with E-state index in [0.717, 1.165) is 12.1 Å². The van der Waals surface area contributed by atoms with Gasteiger partial charge >= 0.3 is 6.36 Å². The maximum atomic E-state index is 12.9. The fourth-order valence-electron chi connectivity index (χ4n) is 2.65. The second-order valence-corrected chi connectivity index (χ2v) is 8.92. The lowest BCUT2D eigenvalue weighted by atomic mass is 10.2. The molecular formula is C18H17ClF3N3O3S. The zero-order valence-corrected chi connectivity index (χ0v) is 16.8. The van der Waals surface area contributed by atoms with Crippen LogP contribution in [-0.2, 0) is 10.8 Å². The summed E-state index contributed by atoms with van der Waals surface area (Å²) in [5, 5.41) is 19.6. The molecule has 0 saturated heterocycles. The number of anilines is 1. The van der Waals surface area contributed by atoms with Crippen molar-refractivity contribution < 1.29 is 27.2 Å². The third-order valence-electron chi connectivity index (χ3n) is 4.09. The Morgan fingerprint density at radius 3 is 2.31 bits per heavy atom. The van der Waals surface area contributed by atoms with Crippen LogP contribution in [0.3, 0.4) is 0 Å². The topological polar surface area (TPSA) is 74.2 Å². The van der Waals surface area contributed by atoms with Gasteiger partial charge in [-0.3, -0.25) is 4.21 Å². The molecule has 1 aliphatic rings. The summed E-state index contributed by atoms with van der Waals surface area (Å²) in [4.78, 5) is -1.04. The summed E-state index contributed by atoms with van der Waals surface area (Å²) in [5.41, 5.74) is 0.924. The van der Waals surface area contributed by atoms with E-state index in [1.807, 2.05) is 0 Å². The molecule has 2 unspecified atom stereocenters. The van der Waals surface area contributed by atoms with Crippen LogP contribution in [0.5, 0.6) is 5.75 Å². The second-order valence-electron chi connectivity index (χ2n) is 6.56. The fraction of sp³-hybridized carbons (Fsp3) is 0.278. The summed E-state index contributed by atoms with van der Waals surface area (Å²) in [6.07, 6.45) is -6.17. The highest BCUT2D eigenvalue weighted by Crippen LogP contribution is 2.32. The Labute approximate surface area is 172 Å². The van der Waals surface area contributed by atoms with E-state index in [9.17, 15) is 22.5 Å². The molecule has 1 aliphatic heterocycles. The van der Waals surface area contributed by atoms with Gasteiger partial charge in [0, 0.05) is 16.3 Å². The highest BCUT2D eigenvalue weighted by Gasteiger charge is 2.45. The lowest BCUT2D eigenvalue weighted by Crippen LogP contribution is -2.49. The molecule has 6 nitrogen and oxygen atoms in total. The Kier molecular flexibility index (Phi) is 5.79. The van der Waals surface area contributed by atoms with Crippen molar-refractivity contribution in [1.82, 2.24) is 5.01 Å². The smallest absolute Gasteiger partial charge is 0.406 e. The van der Waals surface area contributed by atoms with Crippen molar-refractivity contribution in [3.05, 3.63) is 59.1 Å². The number of aliphatic hydroxyl groups excluding tert-OH is 1. The number of nitrogens with zero attached hydrogens (tertiary/aromatic N) is 2. The van der Waals surface area contributed by atoms with Crippen LogP contribution in [-0.4, -0.2) is 37.0 Å². The standard InChI is InChI=1S/C18H17ClF3N3O3S/c1-17(2)25(24-15(29(17)27)11-3-5-12(19)6-4-11)16(26)23-13-7-9-14(10-8-13)28-18(20,21)22/h3-10,16,23,26H,1-2H3. The minimum atomic E-state index is -4.79. The minimum absolute atomic E-state index is 0.279. The third-order valence-corrected chi connectivity index (χ3v) is 6.10. The van der Waals surface area contributed by atoms with Crippen LogP contribution in [0.25, 0.3) is 0 Å². The molecule has 1 heterocycles. The van der Waals surface area contributed by atoms with Crippen molar-refractivity contribution in [2.75, 3.05) is 5.32 Å². The van der Waals surface area contributed by atoms with Crippen molar-refractivity contribution in [1.29, 1.82) is 0 Å². The molecule has 0 amide bonds. The van der Waals surface area contributed by atoms with Crippen LogP contribution in [0, 0.1) is 0 Å². The van der Waals surface area contributed by atoms with Gasteiger partial charge in [0.15, 0.2) is 5.04 Å². The summed E-state index contributed by atoms with van der Waals surface area (Å²) < 4.78 is 53.4. The lowest BCUT2D eigenvalue weighted by Gasteiger charge is -2.33. The minimum Gasteiger partial charge on any atom is -0.406 e. The van der Waals surface area contributed by atoms with E-state index in [4.69, 9.17) is 11.6 Å². The van der Waals surface area contributed by atoms with Gasteiger partial charge in [-0.15, -0.1) is 13.2 Å². The second kappa shape index (κ2) is 7.85. The largest absolute Gasteiger partial charge is 0.573 e. The van der Waals surface area contributed by atoms with E-state index < -0.39 is 28.4 Å². The molecule has 0 spiro atoms. The van der Waals surface area contributed by atoms with Crippen LogP contribution in [0.15, 0.2) is 53.6 Å². The molecule has 0 aromatic heterocycles. The first kappa shape index (κ1) is 21.4. The van der Waals surface area contributed by atoms with Gasteiger partial charge in [-0.25, -0.2) is 5.01 Å². The number of hydrogen-bond donors (Lipinski definition) is 2. The summed E-state index contributed by atoms with van der Waals surface area (Å²) in [6.45, 7) is 3.31. The molecule has 2 atom stereocenters. The van der Waals surface area contributed by atoms with E-state index in [1.54, 1.807) is 38.1 Å². The van der Waals surface area contributed by atoms with Crippen LogP contribution < -0.4 is 10.1 Å². The average molecular weight is 448 g/mol. The number of hydrogen-bond acceptors (Lipinski definition) is 6. The molecule has 11 heteroatoms. The van der Waals surface area contributed by atoms with Crippen LogP contribution in [0.4, 0.5) is 18.9 Å². The van der Waals surface area contributed by atoms with E-state index in [0.29, 0.717) is 16.3 Å². The predicted octanol–water partition coefficient (Wildman–Crippen LogP) is 4.09. The number of halogens is 4. The van der Waals surface area contributed by atoms with Crippen LogP contribution in [0.1, 0.15) is 19.4 Å². The number of rotatable bonds is 5. The predicted molar refractivity (Wildman–Crippen MR) is 105 cm³/mol. The number of ether oxygens (including phenoxy) is 1. The van der Waals surface area contributed by atoms with Gasteiger partial charge in [0.2, 0.25) is 6.35 Å². The maximum absolute atomic E-state index is 12.9. The van der Waals surface area contributed by atoms with Gasteiger partial charge in [-0.1, -0.05) is 23.7 Å². The summed E-state index contributed by atoms with van der Waals surface area (Å²) in [6, 6.07) is 11.5. The van der Waals surface area contributed by atoms with E-state index in [2.05, 4.69) is 15.2 Å². The van der Waals surface area contributed by atoms with Gasteiger partial charge in [-0.2, -0.15) is 5.10 Å².